The van der Waals surface area contributed by atoms with Crippen LogP contribution in [-0.2, 0) is 0 Å². The largest absolute Gasteiger partial charge is 0.493 e. The van der Waals surface area contributed by atoms with Crippen molar-refractivity contribution in [1.82, 2.24) is 19.9 Å². The van der Waals surface area contributed by atoms with E-state index in [0.29, 0.717) is 36.1 Å². The number of anilines is 2. The summed E-state index contributed by atoms with van der Waals surface area (Å²) in [6, 6.07) is 15.6. The van der Waals surface area contributed by atoms with Crippen molar-refractivity contribution < 1.29 is 14.6 Å². The molecular weight excluding hydrogens is 468 g/mol. The van der Waals surface area contributed by atoms with Crippen molar-refractivity contribution in [2.45, 2.75) is 12.5 Å². The smallest absolute Gasteiger partial charge is 0.161 e. The van der Waals surface area contributed by atoms with E-state index < -0.39 is 0 Å². The third kappa shape index (κ3) is 5.17. The SMILES string of the molecule is COc1ccc(-c2cc(N3CCC(O)C3)nc(/C=C/c3nc(N(C)C)c4ccccc4n3)n2)cc1OC. The summed E-state index contributed by atoms with van der Waals surface area (Å²) in [5, 5.41) is 11.1. The molecule has 2 aromatic heterocycles. The Bertz CT molecular complexity index is 1460. The molecule has 0 aliphatic carbocycles. The Kier molecular flexibility index (Phi) is 6.87. The monoisotopic (exact) mass is 498 g/mol. The molecule has 9 heteroatoms. The van der Waals surface area contributed by atoms with Crippen LogP contribution < -0.4 is 19.3 Å². The molecule has 1 aliphatic rings. The number of fused-ring (bicyclic) bond motifs is 1. The first-order valence-corrected chi connectivity index (χ1v) is 12.1. The molecule has 4 aromatic rings. The van der Waals surface area contributed by atoms with E-state index in [2.05, 4.69) is 4.90 Å². The van der Waals surface area contributed by atoms with Crippen LogP contribution in [0, 0.1) is 0 Å². The molecule has 37 heavy (non-hydrogen) atoms. The van der Waals surface area contributed by atoms with Crippen LogP contribution in [0.1, 0.15) is 18.1 Å². The van der Waals surface area contributed by atoms with Crippen molar-refractivity contribution >= 4 is 34.7 Å². The zero-order chi connectivity index (χ0) is 25.9. The van der Waals surface area contributed by atoms with Crippen LogP contribution in [0.5, 0.6) is 11.5 Å². The Morgan fingerprint density at radius 1 is 0.919 bits per heavy atom. The molecule has 0 saturated carbocycles. The summed E-state index contributed by atoms with van der Waals surface area (Å²) in [5.41, 5.74) is 2.47. The zero-order valence-corrected chi connectivity index (χ0v) is 21.4. The second kappa shape index (κ2) is 10.4. The molecule has 1 saturated heterocycles. The van der Waals surface area contributed by atoms with E-state index in [1.54, 1.807) is 14.2 Å². The van der Waals surface area contributed by atoms with Gasteiger partial charge in [-0.3, -0.25) is 0 Å². The van der Waals surface area contributed by atoms with Crippen molar-refractivity contribution in [3.05, 3.63) is 60.2 Å². The topological polar surface area (TPSA) is 96.7 Å². The molecule has 9 nitrogen and oxygen atoms in total. The van der Waals surface area contributed by atoms with Gasteiger partial charge in [-0.15, -0.1) is 0 Å². The number of aliphatic hydroxyl groups is 1. The molecule has 0 spiro atoms. The number of benzene rings is 2. The van der Waals surface area contributed by atoms with Gasteiger partial charge in [0, 0.05) is 44.2 Å². The highest BCUT2D eigenvalue weighted by Crippen LogP contribution is 2.33. The molecular formula is C28H30N6O3. The number of nitrogens with zero attached hydrogens (tertiary/aromatic N) is 6. The molecule has 0 radical (unpaired) electrons. The first-order valence-electron chi connectivity index (χ1n) is 12.1. The van der Waals surface area contributed by atoms with Gasteiger partial charge in [0.05, 0.1) is 31.5 Å². The van der Waals surface area contributed by atoms with Gasteiger partial charge in [-0.2, -0.15) is 0 Å². The van der Waals surface area contributed by atoms with Gasteiger partial charge < -0.3 is 24.4 Å². The number of β-amino-alcohol motifs (C(OH)–C–C–N with tert-alkyl or cyclic N) is 1. The van der Waals surface area contributed by atoms with Crippen molar-refractivity contribution in [2.75, 3.05) is 51.2 Å². The summed E-state index contributed by atoms with van der Waals surface area (Å²) in [5.74, 6) is 3.96. The quantitative estimate of drug-likeness (QED) is 0.407. The lowest BCUT2D eigenvalue weighted by atomic mass is 10.1. The molecule has 0 bridgehead atoms. The standard InChI is InChI=1S/C28H30N6O3/c1-33(2)28-20-7-5-6-8-21(20)29-26(32-28)12-11-25-30-22(16-27(31-25)34-14-13-19(35)17-34)18-9-10-23(36-3)24(15-18)37-4/h5-12,15-16,19,35H,13-14,17H2,1-4H3/b12-11+. The third-order valence-electron chi connectivity index (χ3n) is 6.30. The molecule has 2 aromatic carbocycles. The molecule has 1 fully saturated rings. The van der Waals surface area contributed by atoms with Crippen LogP contribution in [0.3, 0.4) is 0 Å². The lowest BCUT2D eigenvalue weighted by molar-refractivity contribution is 0.198. The predicted octanol–water partition coefficient (Wildman–Crippen LogP) is 3.91. The maximum atomic E-state index is 10.1. The van der Waals surface area contributed by atoms with Crippen LogP contribution in [0.4, 0.5) is 11.6 Å². The van der Waals surface area contributed by atoms with Gasteiger partial charge in [-0.1, -0.05) is 12.1 Å². The average Bonchev–Trinajstić information content (AvgIpc) is 3.37. The summed E-state index contributed by atoms with van der Waals surface area (Å²) < 4.78 is 10.9. The molecule has 1 N–H and O–H groups in total. The zero-order valence-electron chi connectivity index (χ0n) is 21.4. The van der Waals surface area contributed by atoms with Gasteiger partial charge >= 0.3 is 0 Å². The third-order valence-corrected chi connectivity index (χ3v) is 6.30. The fourth-order valence-electron chi connectivity index (χ4n) is 4.42. The second-order valence-corrected chi connectivity index (χ2v) is 9.08. The number of aliphatic hydroxyl groups excluding tert-OH is 1. The molecule has 1 atom stereocenters. The second-order valence-electron chi connectivity index (χ2n) is 9.08. The van der Waals surface area contributed by atoms with Crippen molar-refractivity contribution in [1.29, 1.82) is 0 Å². The van der Waals surface area contributed by atoms with Gasteiger partial charge in [0.15, 0.2) is 23.1 Å². The van der Waals surface area contributed by atoms with Crippen LogP contribution >= 0.6 is 0 Å². The van der Waals surface area contributed by atoms with Gasteiger partial charge in [0.25, 0.3) is 0 Å². The Morgan fingerprint density at radius 2 is 1.68 bits per heavy atom. The normalized spacial score (nSPS) is 15.5. The lowest BCUT2D eigenvalue weighted by Gasteiger charge is -2.18. The fourth-order valence-corrected chi connectivity index (χ4v) is 4.42. The maximum Gasteiger partial charge on any atom is 0.161 e. The molecule has 0 amide bonds. The van der Waals surface area contributed by atoms with E-state index >= 15 is 0 Å². The number of methoxy groups -OCH3 is 2. The van der Waals surface area contributed by atoms with E-state index in [0.717, 1.165) is 40.3 Å². The summed E-state index contributed by atoms with van der Waals surface area (Å²) in [7, 11) is 7.15. The van der Waals surface area contributed by atoms with E-state index in [-0.39, 0.29) is 6.10 Å². The first kappa shape index (κ1) is 24.5. The van der Waals surface area contributed by atoms with Crippen LogP contribution in [0.25, 0.3) is 34.3 Å². The summed E-state index contributed by atoms with van der Waals surface area (Å²) in [6.45, 7) is 1.26. The highest BCUT2D eigenvalue weighted by molar-refractivity contribution is 5.90. The van der Waals surface area contributed by atoms with Crippen molar-refractivity contribution in [3.8, 4) is 22.8 Å². The van der Waals surface area contributed by atoms with Crippen molar-refractivity contribution in [3.63, 3.8) is 0 Å². The van der Waals surface area contributed by atoms with Crippen LogP contribution in [0.2, 0.25) is 0 Å². The minimum atomic E-state index is -0.367. The van der Waals surface area contributed by atoms with Crippen molar-refractivity contribution in [2.24, 2.45) is 0 Å². The number of hydrogen-bond acceptors (Lipinski definition) is 9. The summed E-state index contributed by atoms with van der Waals surface area (Å²) in [4.78, 5) is 23.1. The van der Waals surface area contributed by atoms with E-state index in [9.17, 15) is 5.11 Å². The molecule has 1 unspecified atom stereocenters. The van der Waals surface area contributed by atoms with Crippen LogP contribution in [-0.4, -0.2) is 72.6 Å². The minimum Gasteiger partial charge on any atom is -0.493 e. The molecule has 190 valence electrons. The number of aromatic nitrogens is 4. The number of rotatable bonds is 7. The minimum absolute atomic E-state index is 0.367. The highest BCUT2D eigenvalue weighted by Gasteiger charge is 2.22. The number of ether oxygens (including phenoxy) is 2. The maximum absolute atomic E-state index is 10.1. The number of hydrogen-bond donors (Lipinski definition) is 1. The van der Waals surface area contributed by atoms with Gasteiger partial charge in [0.1, 0.15) is 11.6 Å². The van der Waals surface area contributed by atoms with Gasteiger partial charge in [0.2, 0.25) is 0 Å². The lowest BCUT2D eigenvalue weighted by Crippen LogP contribution is -2.22. The van der Waals surface area contributed by atoms with Gasteiger partial charge in [-0.25, -0.2) is 19.9 Å². The Labute approximate surface area is 216 Å². The van der Waals surface area contributed by atoms with Gasteiger partial charge in [-0.05, 0) is 48.9 Å². The molecule has 1 aliphatic heterocycles. The predicted molar refractivity (Wildman–Crippen MR) is 146 cm³/mol. The Morgan fingerprint density at radius 3 is 2.38 bits per heavy atom. The summed E-state index contributed by atoms with van der Waals surface area (Å²) in [6.07, 6.45) is 3.99. The molecule has 5 rings (SSSR count). The van der Waals surface area contributed by atoms with E-state index in [4.69, 9.17) is 29.4 Å². The Hall–Kier alpha value is -4.24. The highest BCUT2D eigenvalue weighted by atomic mass is 16.5. The average molecular weight is 499 g/mol. The van der Waals surface area contributed by atoms with Crippen LogP contribution in [0.15, 0.2) is 48.5 Å². The number of para-hydroxylation sites is 1. The van der Waals surface area contributed by atoms with E-state index in [1.807, 2.05) is 79.7 Å². The van der Waals surface area contributed by atoms with E-state index in [1.165, 1.54) is 0 Å². The first-order chi connectivity index (χ1) is 17.9. The summed E-state index contributed by atoms with van der Waals surface area (Å²) >= 11 is 0. The molecule has 3 heterocycles. The fraction of sp³-hybridized carbons (Fsp3) is 0.286. The Balaban J connectivity index is 1.57.